The molecule has 0 saturated carbocycles. The van der Waals surface area contributed by atoms with Crippen LogP contribution in [0.25, 0.3) is 0 Å². The van der Waals surface area contributed by atoms with Crippen LogP contribution in [-0.2, 0) is 12.0 Å². The highest BCUT2D eigenvalue weighted by molar-refractivity contribution is 8.13. The number of aliphatic imine (C=N–C) groups is 1. The van der Waals surface area contributed by atoms with Crippen LogP contribution < -0.4 is 11.1 Å². The number of amidine groups is 1. The van der Waals surface area contributed by atoms with Gasteiger partial charge in [-0.2, -0.15) is 0 Å². The maximum atomic E-state index is 12.3. The molecule has 1 amide bonds. The zero-order valence-corrected chi connectivity index (χ0v) is 16.2. The van der Waals surface area contributed by atoms with Crippen molar-refractivity contribution in [2.45, 2.75) is 25.3 Å². The zero-order valence-electron chi connectivity index (χ0n) is 14.7. The Morgan fingerprint density at radius 2 is 2.00 bits per heavy atom. The third-order valence-corrected chi connectivity index (χ3v) is 5.77. The fourth-order valence-corrected chi connectivity index (χ4v) is 4.19. The fourth-order valence-electron chi connectivity index (χ4n) is 2.99. The Balaban J connectivity index is 1.60. The number of amides is 1. The average molecular weight is 388 g/mol. The largest absolute Gasteiger partial charge is 0.379 e. The lowest BCUT2D eigenvalue weighted by Gasteiger charge is -2.29. The first-order valence-corrected chi connectivity index (χ1v) is 9.94. The minimum absolute atomic E-state index is 0.0871. The van der Waals surface area contributed by atoms with Gasteiger partial charge in [0.05, 0.1) is 5.54 Å². The number of carbonyl (C=O) groups is 1. The Labute approximate surface area is 163 Å². The van der Waals surface area contributed by atoms with Gasteiger partial charge in [0.15, 0.2) is 5.17 Å². The minimum Gasteiger partial charge on any atom is -0.379 e. The summed E-state index contributed by atoms with van der Waals surface area (Å²) in [5, 5.41) is 4.29. The van der Waals surface area contributed by atoms with Crippen molar-refractivity contribution in [3.63, 3.8) is 0 Å². The van der Waals surface area contributed by atoms with Crippen LogP contribution in [0.3, 0.4) is 0 Å². The Morgan fingerprint density at radius 3 is 2.69 bits per heavy atom. The molecule has 0 saturated heterocycles. The topological polar surface area (TPSA) is 67.5 Å². The summed E-state index contributed by atoms with van der Waals surface area (Å²) < 4.78 is 0. The summed E-state index contributed by atoms with van der Waals surface area (Å²) in [5.74, 6) is 0.867. The first-order chi connectivity index (χ1) is 12.5. The first-order valence-electron chi connectivity index (χ1n) is 8.58. The molecule has 1 atom stereocenters. The maximum absolute atomic E-state index is 12.3. The maximum Gasteiger partial charge on any atom is 0.251 e. The van der Waals surface area contributed by atoms with Gasteiger partial charge in [0.25, 0.3) is 5.91 Å². The molecule has 136 valence electrons. The molecule has 0 aromatic heterocycles. The summed E-state index contributed by atoms with van der Waals surface area (Å²) in [7, 11) is 0. The molecule has 1 unspecified atom stereocenters. The Bertz CT molecular complexity index is 822. The standard InChI is InChI=1S/C20H22ClN3OS/c1-20(11-13-26-19(22)24-20)16-8-6-15(7-9-16)18(25)23-12-10-14-4-2-3-5-17(14)21/h2-9H,10-13H2,1H3,(H2,22,24)(H,23,25). The van der Waals surface area contributed by atoms with Crippen LogP contribution in [0.4, 0.5) is 0 Å². The average Bonchev–Trinajstić information content (AvgIpc) is 2.63. The Kier molecular flexibility index (Phi) is 5.89. The Hall–Kier alpha value is -1.98. The highest BCUT2D eigenvalue weighted by Crippen LogP contribution is 2.34. The Morgan fingerprint density at radius 1 is 1.27 bits per heavy atom. The van der Waals surface area contributed by atoms with E-state index in [2.05, 4.69) is 17.2 Å². The highest BCUT2D eigenvalue weighted by atomic mass is 35.5. The molecular formula is C20H22ClN3OS. The van der Waals surface area contributed by atoms with Gasteiger partial charge in [0.2, 0.25) is 0 Å². The van der Waals surface area contributed by atoms with Crippen LogP contribution in [0.15, 0.2) is 53.5 Å². The van der Waals surface area contributed by atoms with Gasteiger partial charge < -0.3 is 11.1 Å². The van der Waals surface area contributed by atoms with Crippen LogP contribution in [-0.4, -0.2) is 23.4 Å². The molecule has 3 N–H and O–H groups in total. The first kappa shape index (κ1) is 18.8. The fraction of sp³-hybridized carbons (Fsp3) is 0.300. The number of thioether (sulfide) groups is 1. The van der Waals surface area contributed by atoms with Gasteiger partial charge in [-0.15, -0.1) is 0 Å². The lowest BCUT2D eigenvalue weighted by Crippen LogP contribution is -2.29. The van der Waals surface area contributed by atoms with Crippen molar-refractivity contribution in [2.75, 3.05) is 12.3 Å². The van der Waals surface area contributed by atoms with Gasteiger partial charge >= 0.3 is 0 Å². The molecule has 1 aliphatic rings. The summed E-state index contributed by atoms with van der Waals surface area (Å²) in [4.78, 5) is 16.9. The number of carbonyl (C=O) groups excluding carboxylic acids is 1. The van der Waals surface area contributed by atoms with Crippen LogP contribution in [0.1, 0.15) is 34.8 Å². The minimum atomic E-state index is -0.311. The quantitative estimate of drug-likeness (QED) is 0.815. The molecule has 2 aromatic rings. The second kappa shape index (κ2) is 8.14. The molecule has 0 radical (unpaired) electrons. The van der Waals surface area contributed by atoms with Gasteiger partial charge in [0, 0.05) is 22.9 Å². The van der Waals surface area contributed by atoms with Crippen LogP contribution in [0.2, 0.25) is 5.02 Å². The van der Waals surface area contributed by atoms with E-state index in [4.69, 9.17) is 17.3 Å². The van der Waals surface area contributed by atoms with Gasteiger partial charge in [-0.1, -0.05) is 53.7 Å². The number of benzene rings is 2. The smallest absolute Gasteiger partial charge is 0.251 e. The van der Waals surface area contributed by atoms with E-state index >= 15 is 0 Å². The molecule has 0 aliphatic carbocycles. The molecule has 4 nitrogen and oxygen atoms in total. The monoisotopic (exact) mass is 387 g/mol. The van der Waals surface area contributed by atoms with Crippen molar-refractivity contribution < 1.29 is 4.79 Å². The van der Waals surface area contributed by atoms with E-state index in [1.54, 1.807) is 11.8 Å². The van der Waals surface area contributed by atoms with Gasteiger partial charge in [0.1, 0.15) is 0 Å². The second-order valence-electron chi connectivity index (χ2n) is 6.50. The van der Waals surface area contributed by atoms with Crippen molar-refractivity contribution in [2.24, 2.45) is 10.7 Å². The molecule has 0 spiro atoms. The van der Waals surface area contributed by atoms with Gasteiger partial charge in [-0.25, -0.2) is 0 Å². The summed E-state index contributed by atoms with van der Waals surface area (Å²) >= 11 is 7.72. The molecule has 1 aliphatic heterocycles. The van der Waals surface area contributed by atoms with Gasteiger partial charge in [-0.05, 0) is 49.1 Å². The van der Waals surface area contributed by atoms with Crippen molar-refractivity contribution in [3.05, 3.63) is 70.2 Å². The summed E-state index contributed by atoms with van der Waals surface area (Å²) in [5.41, 5.74) is 8.31. The van der Waals surface area contributed by atoms with E-state index < -0.39 is 0 Å². The number of hydrogen-bond donors (Lipinski definition) is 2. The number of nitrogens with one attached hydrogen (secondary N) is 1. The number of hydrogen-bond acceptors (Lipinski definition) is 4. The van der Waals surface area contributed by atoms with E-state index in [0.29, 0.717) is 23.7 Å². The molecule has 3 rings (SSSR count). The predicted molar refractivity (Wildman–Crippen MR) is 110 cm³/mol. The number of halogens is 1. The lowest BCUT2D eigenvalue weighted by molar-refractivity contribution is 0.0954. The molecule has 6 heteroatoms. The molecule has 2 aromatic carbocycles. The summed E-state index contributed by atoms with van der Waals surface area (Å²) in [6, 6.07) is 15.3. The van der Waals surface area contributed by atoms with E-state index in [0.717, 1.165) is 28.3 Å². The molecule has 26 heavy (non-hydrogen) atoms. The molecule has 1 heterocycles. The van der Waals surface area contributed by atoms with Crippen LogP contribution in [0.5, 0.6) is 0 Å². The normalized spacial score (nSPS) is 19.7. The van der Waals surface area contributed by atoms with Crippen LogP contribution in [0, 0.1) is 0 Å². The zero-order chi connectivity index (χ0) is 18.6. The third-order valence-electron chi connectivity index (χ3n) is 4.60. The van der Waals surface area contributed by atoms with Crippen molar-refractivity contribution in [1.82, 2.24) is 5.32 Å². The number of nitrogens with two attached hydrogens (primary N) is 1. The third kappa shape index (κ3) is 4.40. The lowest BCUT2D eigenvalue weighted by atomic mass is 9.89. The van der Waals surface area contributed by atoms with Crippen molar-refractivity contribution >= 4 is 34.4 Å². The second-order valence-corrected chi connectivity index (χ2v) is 8.02. The van der Waals surface area contributed by atoms with E-state index in [9.17, 15) is 4.79 Å². The van der Waals surface area contributed by atoms with E-state index in [-0.39, 0.29) is 11.4 Å². The predicted octanol–water partition coefficient (Wildman–Crippen LogP) is 3.98. The van der Waals surface area contributed by atoms with E-state index in [1.165, 1.54) is 0 Å². The molecular weight excluding hydrogens is 366 g/mol. The number of nitrogens with zero attached hydrogens (tertiary/aromatic N) is 1. The highest BCUT2D eigenvalue weighted by Gasteiger charge is 2.29. The van der Waals surface area contributed by atoms with Crippen LogP contribution >= 0.6 is 23.4 Å². The van der Waals surface area contributed by atoms with Crippen molar-refractivity contribution in [3.8, 4) is 0 Å². The van der Waals surface area contributed by atoms with E-state index in [1.807, 2.05) is 48.5 Å². The van der Waals surface area contributed by atoms with Crippen molar-refractivity contribution in [1.29, 1.82) is 0 Å². The number of rotatable bonds is 5. The summed E-state index contributed by atoms with van der Waals surface area (Å²) in [6.07, 6.45) is 1.63. The summed E-state index contributed by atoms with van der Waals surface area (Å²) in [6.45, 7) is 2.62. The van der Waals surface area contributed by atoms with Gasteiger partial charge in [-0.3, -0.25) is 9.79 Å². The molecule has 0 fully saturated rings. The molecule has 0 bridgehead atoms. The SMILES string of the molecule is CC1(c2ccc(C(=O)NCCc3ccccc3Cl)cc2)CCSC(N)=N1.